The van der Waals surface area contributed by atoms with E-state index in [9.17, 15) is 0 Å². The normalized spacial score (nSPS) is 11.8. The molecular formula is C15H22N4S. The molecule has 0 amide bonds. The maximum Gasteiger partial charge on any atom is 0.190 e. The topological polar surface area (TPSA) is 42.7 Å². The fourth-order valence-electron chi connectivity index (χ4n) is 1.77. The third kappa shape index (κ3) is 4.08. The first kappa shape index (κ1) is 15.1. The molecule has 1 heterocycles. The van der Waals surface area contributed by atoms with Crippen LogP contribution in [0.4, 0.5) is 0 Å². The van der Waals surface area contributed by atoms with Crippen LogP contribution in [-0.4, -0.2) is 20.3 Å². The molecule has 0 saturated heterocycles. The van der Waals surface area contributed by atoms with Gasteiger partial charge in [0, 0.05) is 24.0 Å². The fraction of sp³-hybridized carbons (Fsp3) is 0.467. The quantitative estimate of drug-likeness (QED) is 0.939. The van der Waals surface area contributed by atoms with Gasteiger partial charge in [0.15, 0.2) is 5.16 Å². The molecule has 2 aromatic rings. The van der Waals surface area contributed by atoms with Crippen LogP contribution in [0.2, 0.25) is 0 Å². The third-order valence-electron chi connectivity index (χ3n) is 3.00. The number of hydrogen-bond donors (Lipinski definition) is 1. The molecule has 1 aromatic heterocycles. The molecule has 0 bridgehead atoms. The van der Waals surface area contributed by atoms with Gasteiger partial charge in [-0.15, -0.1) is 0 Å². The molecule has 4 nitrogen and oxygen atoms in total. The molecule has 0 spiro atoms. The average Bonchev–Trinajstić information content (AvgIpc) is 2.73. The largest absolute Gasteiger partial charge is 0.308 e. The molecular weight excluding hydrogens is 268 g/mol. The Morgan fingerprint density at radius 3 is 2.60 bits per heavy atom. The predicted molar refractivity (Wildman–Crippen MR) is 82.9 cm³/mol. The Hall–Kier alpha value is -1.33. The van der Waals surface area contributed by atoms with Gasteiger partial charge in [0.05, 0.1) is 0 Å². The monoisotopic (exact) mass is 290 g/mol. The van der Waals surface area contributed by atoms with Gasteiger partial charge < -0.3 is 5.32 Å². The predicted octanol–water partition coefficient (Wildman–Crippen LogP) is 3.16. The van der Waals surface area contributed by atoms with Gasteiger partial charge in [-0.25, -0.2) is 9.67 Å². The first-order valence-electron chi connectivity index (χ1n) is 6.71. The molecule has 0 unspecified atom stereocenters. The Balaban J connectivity index is 2.08. The van der Waals surface area contributed by atoms with E-state index in [1.54, 1.807) is 22.8 Å². The highest BCUT2D eigenvalue weighted by atomic mass is 32.2. The second-order valence-corrected chi connectivity index (χ2v) is 7.00. The third-order valence-corrected chi connectivity index (χ3v) is 4.04. The zero-order valence-corrected chi connectivity index (χ0v) is 13.6. The lowest BCUT2D eigenvalue weighted by Gasteiger charge is -2.21. The van der Waals surface area contributed by atoms with Gasteiger partial charge in [0.1, 0.15) is 6.33 Å². The van der Waals surface area contributed by atoms with Crippen LogP contribution in [0.25, 0.3) is 0 Å². The van der Waals surface area contributed by atoms with E-state index >= 15 is 0 Å². The number of nitrogens with zero attached hydrogens (tertiary/aromatic N) is 3. The standard InChI is InChI=1S/C15H22N4S/c1-11-8-13(20-14-16-10-18-19(14)5)7-6-12(11)9-17-15(2,3)4/h6-8,10,17H,9H2,1-5H3. The summed E-state index contributed by atoms with van der Waals surface area (Å²) >= 11 is 1.64. The van der Waals surface area contributed by atoms with E-state index in [4.69, 9.17) is 0 Å². The number of aryl methyl sites for hydroxylation is 2. The Morgan fingerprint density at radius 1 is 1.30 bits per heavy atom. The summed E-state index contributed by atoms with van der Waals surface area (Å²) in [5, 5.41) is 8.51. The summed E-state index contributed by atoms with van der Waals surface area (Å²) in [6, 6.07) is 6.54. The Labute approximate surface area is 125 Å². The number of benzene rings is 1. The Morgan fingerprint density at radius 2 is 2.05 bits per heavy atom. The van der Waals surface area contributed by atoms with Gasteiger partial charge in [-0.05, 0) is 51.0 Å². The van der Waals surface area contributed by atoms with E-state index < -0.39 is 0 Å². The molecule has 0 radical (unpaired) electrons. The highest BCUT2D eigenvalue weighted by Gasteiger charge is 2.10. The van der Waals surface area contributed by atoms with E-state index in [0.29, 0.717) is 0 Å². The van der Waals surface area contributed by atoms with Crippen molar-refractivity contribution >= 4 is 11.8 Å². The minimum Gasteiger partial charge on any atom is -0.308 e. The zero-order valence-electron chi connectivity index (χ0n) is 12.8. The summed E-state index contributed by atoms with van der Waals surface area (Å²) in [7, 11) is 1.91. The number of rotatable bonds is 4. The van der Waals surface area contributed by atoms with Crippen molar-refractivity contribution in [2.24, 2.45) is 7.05 Å². The van der Waals surface area contributed by atoms with Gasteiger partial charge in [-0.2, -0.15) is 5.10 Å². The van der Waals surface area contributed by atoms with Gasteiger partial charge in [-0.1, -0.05) is 17.8 Å². The summed E-state index contributed by atoms with van der Waals surface area (Å²) in [5.74, 6) is 0. The van der Waals surface area contributed by atoms with Gasteiger partial charge in [0.25, 0.3) is 0 Å². The van der Waals surface area contributed by atoms with Crippen molar-refractivity contribution < 1.29 is 0 Å². The SMILES string of the molecule is Cc1cc(Sc2ncnn2C)ccc1CNC(C)(C)C. The fourth-order valence-corrected chi connectivity index (χ4v) is 2.64. The zero-order chi connectivity index (χ0) is 14.8. The summed E-state index contributed by atoms with van der Waals surface area (Å²) in [4.78, 5) is 5.43. The Bertz CT molecular complexity index is 584. The first-order valence-corrected chi connectivity index (χ1v) is 7.53. The van der Waals surface area contributed by atoms with E-state index in [1.807, 2.05) is 7.05 Å². The molecule has 20 heavy (non-hydrogen) atoms. The second kappa shape index (κ2) is 5.97. The van der Waals surface area contributed by atoms with Crippen molar-refractivity contribution in [2.75, 3.05) is 0 Å². The first-order chi connectivity index (χ1) is 9.35. The molecule has 0 aliphatic heterocycles. The van der Waals surface area contributed by atoms with E-state index in [2.05, 4.69) is 61.3 Å². The molecule has 0 aliphatic carbocycles. The van der Waals surface area contributed by atoms with Crippen LogP contribution in [0, 0.1) is 6.92 Å². The van der Waals surface area contributed by atoms with Crippen LogP contribution in [0.1, 0.15) is 31.9 Å². The van der Waals surface area contributed by atoms with E-state index in [-0.39, 0.29) is 5.54 Å². The van der Waals surface area contributed by atoms with Crippen LogP contribution in [0.5, 0.6) is 0 Å². The summed E-state index contributed by atoms with van der Waals surface area (Å²) in [6.07, 6.45) is 1.58. The Kier molecular flexibility index (Phi) is 4.50. The van der Waals surface area contributed by atoms with Gasteiger partial charge in [-0.3, -0.25) is 0 Å². The van der Waals surface area contributed by atoms with Crippen LogP contribution in [0.3, 0.4) is 0 Å². The van der Waals surface area contributed by atoms with Crippen LogP contribution >= 0.6 is 11.8 Å². The summed E-state index contributed by atoms with van der Waals surface area (Å²) in [5.41, 5.74) is 2.77. The van der Waals surface area contributed by atoms with Crippen LogP contribution in [-0.2, 0) is 13.6 Å². The van der Waals surface area contributed by atoms with E-state index in [0.717, 1.165) is 11.7 Å². The van der Waals surface area contributed by atoms with Crippen molar-refractivity contribution in [3.8, 4) is 0 Å². The molecule has 5 heteroatoms. The number of nitrogens with one attached hydrogen (secondary N) is 1. The van der Waals surface area contributed by atoms with Crippen molar-refractivity contribution in [3.05, 3.63) is 35.7 Å². The van der Waals surface area contributed by atoms with Crippen LogP contribution < -0.4 is 5.32 Å². The lowest BCUT2D eigenvalue weighted by molar-refractivity contribution is 0.424. The van der Waals surface area contributed by atoms with Gasteiger partial charge >= 0.3 is 0 Å². The van der Waals surface area contributed by atoms with Crippen molar-refractivity contribution in [2.45, 2.75) is 49.8 Å². The molecule has 2 rings (SSSR count). The van der Waals surface area contributed by atoms with Crippen molar-refractivity contribution in [1.29, 1.82) is 0 Å². The maximum absolute atomic E-state index is 4.23. The molecule has 0 atom stereocenters. The molecule has 1 N–H and O–H groups in total. The molecule has 1 aromatic carbocycles. The lowest BCUT2D eigenvalue weighted by atomic mass is 10.1. The second-order valence-electron chi connectivity index (χ2n) is 5.96. The van der Waals surface area contributed by atoms with Crippen LogP contribution in [0.15, 0.2) is 34.6 Å². The lowest BCUT2D eigenvalue weighted by Crippen LogP contribution is -2.35. The minimum atomic E-state index is 0.137. The van der Waals surface area contributed by atoms with E-state index in [1.165, 1.54) is 16.0 Å². The smallest absolute Gasteiger partial charge is 0.190 e. The minimum absolute atomic E-state index is 0.137. The molecule has 108 valence electrons. The van der Waals surface area contributed by atoms with Crippen molar-refractivity contribution in [3.63, 3.8) is 0 Å². The summed E-state index contributed by atoms with van der Waals surface area (Å²) in [6.45, 7) is 9.59. The highest BCUT2D eigenvalue weighted by Crippen LogP contribution is 2.27. The average molecular weight is 290 g/mol. The van der Waals surface area contributed by atoms with Gasteiger partial charge in [0.2, 0.25) is 0 Å². The summed E-state index contributed by atoms with van der Waals surface area (Å²) < 4.78 is 1.79. The number of aromatic nitrogens is 3. The molecule has 0 saturated carbocycles. The highest BCUT2D eigenvalue weighted by molar-refractivity contribution is 7.99. The molecule has 0 aliphatic rings. The van der Waals surface area contributed by atoms with Crippen molar-refractivity contribution in [1.82, 2.24) is 20.1 Å². The number of hydrogen-bond acceptors (Lipinski definition) is 4. The molecule has 0 fully saturated rings. The maximum atomic E-state index is 4.23.